The van der Waals surface area contributed by atoms with Gasteiger partial charge in [0.15, 0.2) is 0 Å². The second-order valence-corrected chi connectivity index (χ2v) is 8.53. The Morgan fingerprint density at radius 2 is 1.45 bits per heavy atom. The first-order valence-electron chi connectivity index (χ1n) is 10.0. The van der Waals surface area contributed by atoms with Gasteiger partial charge in [0.2, 0.25) is 0 Å². The Kier molecular flexibility index (Phi) is 8.04. The molecule has 0 aliphatic carbocycles. The minimum Gasteiger partial charge on any atom is -0.467 e. The third-order valence-corrected chi connectivity index (χ3v) is 5.85. The lowest BCUT2D eigenvalue weighted by molar-refractivity contribution is -0.143. The molecule has 1 N–H and O–H groups in total. The molecule has 0 unspecified atom stereocenters. The lowest BCUT2D eigenvalue weighted by Crippen LogP contribution is -2.43. The molecular formula is C24H23NO7S. The van der Waals surface area contributed by atoms with Crippen LogP contribution in [0.3, 0.4) is 0 Å². The van der Waals surface area contributed by atoms with E-state index in [-0.39, 0.29) is 23.7 Å². The van der Waals surface area contributed by atoms with Gasteiger partial charge in [0.1, 0.15) is 23.3 Å². The van der Waals surface area contributed by atoms with Crippen LogP contribution in [0.1, 0.15) is 11.1 Å². The van der Waals surface area contributed by atoms with Crippen LogP contribution in [0.25, 0.3) is 0 Å². The number of esters is 1. The van der Waals surface area contributed by atoms with E-state index in [4.69, 9.17) is 13.7 Å². The molecule has 0 aromatic heterocycles. The van der Waals surface area contributed by atoms with Crippen molar-refractivity contribution in [1.29, 1.82) is 0 Å². The molecule has 8 nitrogen and oxygen atoms in total. The molecule has 33 heavy (non-hydrogen) atoms. The minimum atomic E-state index is -3.96. The van der Waals surface area contributed by atoms with Crippen molar-refractivity contribution in [3.05, 3.63) is 96.1 Å². The zero-order chi connectivity index (χ0) is 23.7. The van der Waals surface area contributed by atoms with Gasteiger partial charge in [0, 0.05) is 6.42 Å². The molecular weight excluding hydrogens is 446 g/mol. The molecule has 0 bridgehead atoms. The molecule has 1 atom stereocenters. The second-order valence-electron chi connectivity index (χ2n) is 6.98. The molecule has 3 aromatic carbocycles. The Morgan fingerprint density at radius 1 is 0.848 bits per heavy atom. The SMILES string of the molecule is COC(=O)[C@H](Cc1ccc(OS(=O)(=O)c2ccccc2)cc1)NC(=O)OCc1ccccc1. The summed E-state index contributed by atoms with van der Waals surface area (Å²) in [5.74, 6) is -0.522. The van der Waals surface area contributed by atoms with E-state index in [1.54, 1.807) is 30.3 Å². The highest BCUT2D eigenvalue weighted by Crippen LogP contribution is 2.19. The molecule has 3 rings (SSSR count). The minimum absolute atomic E-state index is 0.0399. The van der Waals surface area contributed by atoms with Crippen LogP contribution in [0.2, 0.25) is 0 Å². The highest BCUT2D eigenvalue weighted by atomic mass is 32.2. The quantitative estimate of drug-likeness (QED) is 0.378. The van der Waals surface area contributed by atoms with Gasteiger partial charge >= 0.3 is 22.2 Å². The maximum absolute atomic E-state index is 12.3. The van der Waals surface area contributed by atoms with E-state index in [0.717, 1.165) is 5.56 Å². The summed E-state index contributed by atoms with van der Waals surface area (Å²) in [6.45, 7) is 0.0580. The van der Waals surface area contributed by atoms with E-state index in [1.165, 1.54) is 31.4 Å². The number of amides is 1. The molecule has 0 fully saturated rings. The predicted octanol–water partition coefficient (Wildman–Crippen LogP) is 3.46. The van der Waals surface area contributed by atoms with Crippen molar-refractivity contribution in [3.8, 4) is 5.75 Å². The average molecular weight is 470 g/mol. The molecule has 3 aromatic rings. The third kappa shape index (κ3) is 7.08. The van der Waals surface area contributed by atoms with Crippen molar-refractivity contribution in [3.63, 3.8) is 0 Å². The Morgan fingerprint density at radius 3 is 2.06 bits per heavy atom. The fourth-order valence-corrected chi connectivity index (χ4v) is 3.87. The van der Waals surface area contributed by atoms with Crippen LogP contribution >= 0.6 is 0 Å². The topological polar surface area (TPSA) is 108 Å². The highest BCUT2D eigenvalue weighted by Gasteiger charge is 2.23. The van der Waals surface area contributed by atoms with Crippen LogP contribution in [0, 0.1) is 0 Å². The lowest BCUT2D eigenvalue weighted by atomic mass is 10.1. The number of carbonyl (C=O) groups is 2. The van der Waals surface area contributed by atoms with E-state index < -0.39 is 28.2 Å². The summed E-state index contributed by atoms with van der Waals surface area (Å²) in [6, 6.07) is 22.1. The molecule has 0 saturated carbocycles. The smallest absolute Gasteiger partial charge is 0.408 e. The van der Waals surface area contributed by atoms with Crippen molar-refractivity contribution in [2.45, 2.75) is 24.0 Å². The first-order valence-corrected chi connectivity index (χ1v) is 11.4. The second kappa shape index (κ2) is 11.1. The van der Waals surface area contributed by atoms with E-state index in [0.29, 0.717) is 5.56 Å². The van der Waals surface area contributed by atoms with Crippen LogP contribution in [-0.4, -0.2) is 33.6 Å². The fraction of sp³-hybridized carbons (Fsp3) is 0.167. The Hall–Kier alpha value is -3.85. The molecule has 0 spiro atoms. The summed E-state index contributed by atoms with van der Waals surface area (Å²) in [4.78, 5) is 24.3. The third-order valence-electron chi connectivity index (χ3n) is 4.59. The molecule has 0 heterocycles. The van der Waals surface area contributed by atoms with E-state index >= 15 is 0 Å². The number of rotatable bonds is 9. The van der Waals surface area contributed by atoms with Gasteiger partial charge in [0.05, 0.1) is 7.11 Å². The summed E-state index contributed by atoms with van der Waals surface area (Å²) in [5, 5.41) is 2.50. The van der Waals surface area contributed by atoms with E-state index in [2.05, 4.69) is 5.32 Å². The number of hydrogen-bond acceptors (Lipinski definition) is 7. The summed E-state index contributed by atoms with van der Waals surface area (Å²) >= 11 is 0. The summed E-state index contributed by atoms with van der Waals surface area (Å²) < 4.78 is 39.7. The number of carbonyl (C=O) groups excluding carboxylic acids is 2. The molecule has 0 saturated heterocycles. The van der Waals surface area contributed by atoms with E-state index in [9.17, 15) is 18.0 Å². The Balaban J connectivity index is 1.61. The van der Waals surface area contributed by atoms with Crippen LogP contribution < -0.4 is 9.50 Å². The molecule has 1 amide bonds. The van der Waals surface area contributed by atoms with Gasteiger partial charge in [0.25, 0.3) is 0 Å². The maximum atomic E-state index is 12.3. The van der Waals surface area contributed by atoms with Crippen molar-refractivity contribution in [2.75, 3.05) is 7.11 Å². The summed E-state index contributed by atoms with van der Waals surface area (Å²) in [6.07, 6.45) is -0.651. The van der Waals surface area contributed by atoms with Gasteiger partial charge < -0.3 is 19.0 Å². The number of benzene rings is 3. The first kappa shape index (κ1) is 23.8. The number of ether oxygens (including phenoxy) is 2. The van der Waals surface area contributed by atoms with Crippen molar-refractivity contribution in [1.82, 2.24) is 5.32 Å². The maximum Gasteiger partial charge on any atom is 0.408 e. The van der Waals surface area contributed by atoms with Crippen molar-refractivity contribution in [2.24, 2.45) is 0 Å². The average Bonchev–Trinajstić information content (AvgIpc) is 2.84. The molecule has 0 aliphatic rings. The largest absolute Gasteiger partial charge is 0.467 e. The zero-order valence-corrected chi connectivity index (χ0v) is 18.7. The molecule has 0 radical (unpaired) electrons. The first-order chi connectivity index (χ1) is 15.9. The fourth-order valence-electron chi connectivity index (χ4n) is 2.92. The highest BCUT2D eigenvalue weighted by molar-refractivity contribution is 7.87. The van der Waals surface area contributed by atoms with Gasteiger partial charge in [-0.1, -0.05) is 60.7 Å². The monoisotopic (exact) mass is 469 g/mol. The van der Waals surface area contributed by atoms with Gasteiger partial charge in [-0.3, -0.25) is 0 Å². The zero-order valence-electron chi connectivity index (χ0n) is 17.8. The number of nitrogens with one attached hydrogen (secondary N) is 1. The number of hydrogen-bond donors (Lipinski definition) is 1. The van der Waals surface area contributed by atoms with Crippen molar-refractivity contribution >= 4 is 22.2 Å². The standard InChI is InChI=1S/C24H23NO7S/c1-30-23(26)22(25-24(27)31-17-19-8-4-2-5-9-19)16-18-12-14-20(15-13-18)32-33(28,29)21-10-6-3-7-11-21/h2-15,22H,16-17H2,1H3,(H,25,27)/t22-/m0/s1. The van der Waals surface area contributed by atoms with Gasteiger partial charge in [-0.2, -0.15) is 8.42 Å². The molecule has 9 heteroatoms. The van der Waals surface area contributed by atoms with Crippen LogP contribution in [0.5, 0.6) is 5.75 Å². The van der Waals surface area contributed by atoms with Crippen molar-refractivity contribution < 1.29 is 31.7 Å². The number of alkyl carbamates (subject to hydrolysis) is 1. The lowest BCUT2D eigenvalue weighted by Gasteiger charge is -2.17. The van der Waals surface area contributed by atoms with Gasteiger partial charge in [-0.25, -0.2) is 9.59 Å². The molecule has 0 aliphatic heterocycles. The normalized spacial score (nSPS) is 11.8. The van der Waals surface area contributed by atoms with Gasteiger partial charge in [-0.15, -0.1) is 0 Å². The Labute approximate surface area is 192 Å². The Bertz CT molecular complexity index is 1160. The number of methoxy groups -OCH3 is 1. The predicted molar refractivity (Wildman–Crippen MR) is 120 cm³/mol. The summed E-state index contributed by atoms with van der Waals surface area (Å²) in [7, 11) is -2.74. The van der Waals surface area contributed by atoms with Gasteiger partial charge in [-0.05, 0) is 35.4 Å². The summed E-state index contributed by atoms with van der Waals surface area (Å²) in [5.41, 5.74) is 1.46. The van der Waals surface area contributed by atoms with E-state index in [1.807, 2.05) is 30.3 Å². The molecule has 172 valence electrons. The van der Waals surface area contributed by atoms with Crippen LogP contribution in [0.4, 0.5) is 4.79 Å². The van der Waals surface area contributed by atoms with Crippen LogP contribution in [0.15, 0.2) is 89.8 Å². The van der Waals surface area contributed by atoms with Crippen LogP contribution in [-0.2, 0) is 37.4 Å².